The molecule has 2 aromatic carbocycles. The fraction of sp³-hybridized carbons (Fsp3) is 0.333. The van der Waals surface area contributed by atoms with Gasteiger partial charge in [0.1, 0.15) is 11.4 Å². The van der Waals surface area contributed by atoms with E-state index in [1.54, 1.807) is 7.11 Å². The number of benzene rings is 2. The number of carbonyl (C=O) groups excluding carboxylic acids is 1. The van der Waals surface area contributed by atoms with Gasteiger partial charge in [0, 0.05) is 31.0 Å². The van der Waals surface area contributed by atoms with Crippen LogP contribution < -0.4 is 4.74 Å². The summed E-state index contributed by atoms with van der Waals surface area (Å²) in [5.74, 6) is 0.434. The van der Waals surface area contributed by atoms with Gasteiger partial charge >= 0.3 is 5.97 Å². The molecule has 1 amide bonds. The van der Waals surface area contributed by atoms with E-state index >= 15 is 0 Å². The third kappa shape index (κ3) is 4.03. The summed E-state index contributed by atoms with van der Waals surface area (Å²) in [6.07, 6.45) is 1.91. The monoisotopic (exact) mass is 406 g/mol. The number of hydrogen-bond acceptors (Lipinski definition) is 3. The molecule has 1 aromatic heterocycles. The molecule has 30 heavy (non-hydrogen) atoms. The Morgan fingerprint density at radius 2 is 1.83 bits per heavy atom. The quantitative estimate of drug-likeness (QED) is 0.680. The number of rotatable bonds is 6. The maximum atomic E-state index is 13.2. The molecule has 6 nitrogen and oxygen atoms in total. The van der Waals surface area contributed by atoms with Crippen molar-refractivity contribution in [3.05, 3.63) is 65.4 Å². The van der Waals surface area contributed by atoms with E-state index in [9.17, 15) is 9.59 Å². The number of aryl methyl sites for hydroxylation is 1. The largest absolute Gasteiger partial charge is 0.497 e. The molecule has 1 atom stereocenters. The van der Waals surface area contributed by atoms with Gasteiger partial charge in [0.2, 0.25) is 0 Å². The highest BCUT2D eigenvalue weighted by Gasteiger charge is 2.28. The molecule has 156 valence electrons. The third-order valence-corrected chi connectivity index (χ3v) is 5.94. The van der Waals surface area contributed by atoms with Gasteiger partial charge in [-0.3, -0.25) is 9.59 Å². The lowest BCUT2D eigenvalue weighted by Gasteiger charge is -2.17. The molecular formula is C24H26N2O4. The topological polar surface area (TPSA) is 71.8 Å². The number of hydrogen-bond donors (Lipinski definition) is 1. The van der Waals surface area contributed by atoms with E-state index in [1.165, 1.54) is 5.56 Å². The van der Waals surface area contributed by atoms with Crippen LogP contribution in [0.2, 0.25) is 0 Å². The average Bonchev–Trinajstić information content (AvgIpc) is 3.33. The van der Waals surface area contributed by atoms with Gasteiger partial charge < -0.3 is 19.3 Å². The first-order valence-electron chi connectivity index (χ1n) is 10.2. The second kappa shape index (κ2) is 8.22. The molecule has 0 spiro atoms. The SMILES string of the molecule is COc1ccc2c(c1)cc(C(=O)N1CCC(Cc3ccc(CC(=O)O)cc3)C1)n2C. The molecule has 0 radical (unpaired) electrons. The average molecular weight is 406 g/mol. The van der Waals surface area contributed by atoms with Gasteiger partial charge in [-0.15, -0.1) is 0 Å². The van der Waals surface area contributed by atoms with E-state index in [4.69, 9.17) is 9.84 Å². The van der Waals surface area contributed by atoms with Crippen molar-refractivity contribution in [2.45, 2.75) is 19.3 Å². The van der Waals surface area contributed by atoms with Crippen molar-refractivity contribution in [1.82, 2.24) is 9.47 Å². The summed E-state index contributed by atoms with van der Waals surface area (Å²) in [7, 11) is 3.56. The van der Waals surface area contributed by atoms with Crippen LogP contribution in [0.5, 0.6) is 5.75 Å². The molecule has 1 unspecified atom stereocenters. The van der Waals surface area contributed by atoms with Crippen molar-refractivity contribution in [3.8, 4) is 5.75 Å². The van der Waals surface area contributed by atoms with Gasteiger partial charge in [0.25, 0.3) is 5.91 Å². The van der Waals surface area contributed by atoms with Crippen molar-refractivity contribution >= 4 is 22.8 Å². The smallest absolute Gasteiger partial charge is 0.307 e. The zero-order valence-electron chi connectivity index (χ0n) is 17.3. The Labute approximate surface area is 175 Å². The fourth-order valence-electron chi connectivity index (χ4n) is 4.31. The van der Waals surface area contributed by atoms with E-state index in [2.05, 4.69) is 0 Å². The third-order valence-electron chi connectivity index (χ3n) is 5.94. The second-order valence-corrected chi connectivity index (χ2v) is 8.01. The van der Waals surface area contributed by atoms with Gasteiger partial charge in [-0.05, 0) is 54.2 Å². The minimum Gasteiger partial charge on any atom is -0.497 e. The minimum absolute atomic E-state index is 0.0445. The number of methoxy groups -OCH3 is 1. The van der Waals surface area contributed by atoms with Gasteiger partial charge in [-0.1, -0.05) is 24.3 Å². The predicted molar refractivity (Wildman–Crippen MR) is 115 cm³/mol. The lowest BCUT2D eigenvalue weighted by Crippen LogP contribution is -2.30. The van der Waals surface area contributed by atoms with Crippen LogP contribution in [0.15, 0.2) is 48.5 Å². The maximum Gasteiger partial charge on any atom is 0.307 e. The number of ether oxygens (including phenoxy) is 1. The van der Waals surface area contributed by atoms with Gasteiger partial charge in [0.15, 0.2) is 0 Å². The first kappa shape index (κ1) is 20.0. The molecule has 1 fully saturated rings. The maximum absolute atomic E-state index is 13.2. The molecule has 1 aliphatic heterocycles. The van der Waals surface area contributed by atoms with Crippen LogP contribution >= 0.6 is 0 Å². The summed E-state index contributed by atoms with van der Waals surface area (Å²) in [6, 6.07) is 15.5. The van der Waals surface area contributed by atoms with Crippen LogP contribution in [-0.4, -0.2) is 46.6 Å². The minimum atomic E-state index is -0.820. The summed E-state index contributed by atoms with van der Waals surface area (Å²) in [5, 5.41) is 9.89. The lowest BCUT2D eigenvalue weighted by molar-refractivity contribution is -0.136. The van der Waals surface area contributed by atoms with Crippen LogP contribution in [0.4, 0.5) is 0 Å². The molecule has 0 saturated carbocycles. The van der Waals surface area contributed by atoms with Crippen molar-refractivity contribution in [2.75, 3.05) is 20.2 Å². The number of carboxylic acid groups (broad SMARTS) is 1. The first-order chi connectivity index (χ1) is 14.4. The first-order valence-corrected chi connectivity index (χ1v) is 10.2. The van der Waals surface area contributed by atoms with Gasteiger partial charge in [-0.25, -0.2) is 0 Å². The molecule has 0 aliphatic carbocycles. The molecule has 1 N–H and O–H groups in total. The molecule has 1 aliphatic rings. The van der Waals surface area contributed by atoms with Crippen molar-refractivity contribution in [1.29, 1.82) is 0 Å². The summed E-state index contributed by atoms with van der Waals surface area (Å²) < 4.78 is 7.24. The standard InChI is InChI=1S/C24H26N2O4/c1-25-21-8-7-20(30-2)13-19(21)14-22(25)24(29)26-10-9-18(15-26)11-16-3-5-17(6-4-16)12-23(27)28/h3-8,13-14,18H,9-12,15H2,1-2H3,(H,27,28). The summed E-state index contributed by atoms with van der Waals surface area (Å²) in [5.41, 5.74) is 3.69. The van der Waals surface area contributed by atoms with E-state index in [0.717, 1.165) is 48.1 Å². The number of fused-ring (bicyclic) bond motifs is 1. The highest BCUT2D eigenvalue weighted by atomic mass is 16.5. The molecule has 1 saturated heterocycles. The fourth-order valence-corrected chi connectivity index (χ4v) is 4.31. The van der Waals surface area contributed by atoms with Gasteiger partial charge in [0.05, 0.1) is 13.5 Å². The Morgan fingerprint density at radius 3 is 2.53 bits per heavy atom. The van der Waals surface area contributed by atoms with Gasteiger partial charge in [-0.2, -0.15) is 0 Å². The summed E-state index contributed by atoms with van der Waals surface area (Å²) >= 11 is 0. The van der Waals surface area contributed by atoms with E-state index in [-0.39, 0.29) is 12.3 Å². The number of nitrogens with zero attached hydrogens (tertiary/aromatic N) is 2. The molecule has 0 bridgehead atoms. The Kier molecular flexibility index (Phi) is 5.48. The zero-order chi connectivity index (χ0) is 21.3. The highest BCUT2D eigenvalue weighted by Crippen LogP contribution is 2.27. The molecular weight excluding hydrogens is 380 g/mol. The van der Waals surface area contributed by atoms with Crippen molar-refractivity contribution in [3.63, 3.8) is 0 Å². The molecule has 6 heteroatoms. The van der Waals surface area contributed by atoms with Crippen LogP contribution in [0, 0.1) is 5.92 Å². The second-order valence-electron chi connectivity index (χ2n) is 8.01. The van der Waals surface area contributed by atoms with Crippen molar-refractivity contribution in [2.24, 2.45) is 13.0 Å². The Balaban J connectivity index is 1.43. The van der Waals surface area contributed by atoms with Crippen LogP contribution in [-0.2, 0) is 24.7 Å². The number of amides is 1. The van der Waals surface area contributed by atoms with Crippen LogP contribution in [0.3, 0.4) is 0 Å². The number of aliphatic carboxylic acids is 1. The van der Waals surface area contributed by atoms with Crippen LogP contribution in [0.25, 0.3) is 10.9 Å². The summed E-state index contributed by atoms with van der Waals surface area (Å²) in [4.78, 5) is 25.9. The lowest BCUT2D eigenvalue weighted by atomic mass is 9.97. The molecule has 4 rings (SSSR count). The van der Waals surface area contributed by atoms with E-state index in [0.29, 0.717) is 11.6 Å². The summed E-state index contributed by atoms with van der Waals surface area (Å²) in [6.45, 7) is 1.49. The molecule has 3 aromatic rings. The number of aromatic nitrogens is 1. The normalized spacial score (nSPS) is 16.2. The number of carboxylic acids is 1. The molecule has 2 heterocycles. The predicted octanol–water partition coefficient (Wildman–Crippen LogP) is 3.52. The highest BCUT2D eigenvalue weighted by molar-refractivity contribution is 5.99. The van der Waals surface area contributed by atoms with E-state index < -0.39 is 5.97 Å². The number of carbonyl (C=O) groups is 2. The number of likely N-dealkylation sites (tertiary alicyclic amines) is 1. The Bertz CT molecular complexity index is 1080. The van der Waals surface area contributed by atoms with E-state index in [1.807, 2.05) is 65.0 Å². The van der Waals surface area contributed by atoms with Crippen LogP contribution in [0.1, 0.15) is 28.0 Å². The van der Waals surface area contributed by atoms with Crippen molar-refractivity contribution < 1.29 is 19.4 Å². The Morgan fingerprint density at radius 1 is 1.10 bits per heavy atom. The zero-order valence-corrected chi connectivity index (χ0v) is 17.3. The Hall–Kier alpha value is -3.28.